The molecule has 0 radical (unpaired) electrons. The third-order valence-corrected chi connectivity index (χ3v) is 7.74. The minimum atomic E-state index is -0.146. The van der Waals surface area contributed by atoms with Gasteiger partial charge in [-0.2, -0.15) is 0 Å². The number of carbonyl (C=O) groups excluding carboxylic acids is 1. The average molecular weight is 439 g/mol. The summed E-state index contributed by atoms with van der Waals surface area (Å²) in [4.78, 5) is 12.6. The zero-order valence-electron chi connectivity index (χ0n) is 20.7. The van der Waals surface area contributed by atoms with Crippen molar-refractivity contribution in [3.8, 4) is 0 Å². The molecule has 2 aliphatic carbocycles. The van der Waals surface area contributed by atoms with Crippen LogP contribution in [0.2, 0.25) is 0 Å². The zero-order chi connectivity index (χ0) is 22.6. The fourth-order valence-electron chi connectivity index (χ4n) is 5.61. The minimum Gasteiger partial charge on any atom is -0.459 e. The molecule has 2 nitrogen and oxygen atoms in total. The molecule has 0 bridgehead atoms. The Morgan fingerprint density at radius 3 is 2.19 bits per heavy atom. The molecular weight excluding hydrogens is 392 g/mol. The van der Waals surface area contributed by atoms with Gasteiger partial charge in [-0.05, 0) is 80.1 Å². The second kappa shape index (κ2) is 13.9. The summed E-state index contributed by atoms with van der Waals surface area (Å²) in [6.07, 6.45) is 23.1. The average Bonchev–Trinajstić information content (AvgIpc) is 2.83. The second-order valence-electron chi connectivity index (χ2n) is 10.3. The molecule has 1 saturated carbocycles. The van der Waals surface area contributed by atoms with Crippen molar-refractivity contribution in [2.75, 3.05) is 0 Å². The number of carbonyl (C=O) groups is 1. The number of allylic oxidation sites excluding steroid dienone is 2. The van der Waals surface area contributed by atoms with E-state index in [1.165, 1.54) is 101 Å². The van der Waals surface area contributed by atoms with Crippen LogP contribution in [0.15, 0.2) is 30.3 Å². The van der Waals surface area contributed by atoms with E-state index in [2.05, 4.69) is 32.1 Å². The maximum absolute atomic E-state index is 12.6. The van der Waals surface area contributed by atoms with E-state index < -0.39 is 0 Å². The van der Waals surface area contributed by atoms with Gasteiger partial charge in [-0.25, -0.2) is 4.79 Å². The molecule has 2 aliphatic rings. The van der Waals surface area contributed by atoms with Crippen LogP contribution in [0.4, 0.5) is 0 Å². The van der Waals surface area contributed by atoms with E-state index in [9.17, 15) is 4.79 Å². The lowest BCUT2D eigenvalue weighted by molar-refractivity contribution is 0.0161. The number of ether oxygens (including phenoxy) is 1. The van der Waals surface area contributed by atoms with Crippen molar-refractivity contribution in [2.45, 2.75) is 123 Å². The molecule has 1 unspecified atom stereocenters. The van der Waals surface area contributed by atoms with E-state index >= 15 is 0 Å². The monoisotopic (exact) mass is 438 g/mol. The smallest absolute Gasteiger partial charge is 0.338 e. The molecule has 2 heteroatoms. The quantitative estimate of drug-likeness (QED) is 0.240. The van der Waals surface area contributed by atoms with Crippen molar-refractivity contribution in [1.29, 1.82) is 0 Å². The molecule has 1 atom stereocenters. The summed E-state index contributed by atoms with van der Waals surface area (Å²) >= 11 is 0. The topological polar surface area (TPSA) is 26.3 Å². The summed E-state index contributed by atoms with van der Waals surface area (Å²) in [7, 11) is 0. The Kier molecular flexibility index (Phi) is 10.9. The molecule has 0 aliphatic heterocycles. The summed E-state index contributed by atoms with van der Waals surface area (Å²) in [5.41, 5.74) is 3.43. The second-order valence-corrected chi connectivity index (χ2v) is 10.3. The summed E-state index contributed by atoms with van der Waals surface area (Å²) in [5.74, 6) is 1.56. The summed E-state index contributed by atoms with van der Waals surface area (Å²) < 4.78 is 5.82. The van der Waals surface area contributed by atoms with Gasteiger partial charge >= 0.3 is 5.97 Å². The fourth-order valence-corrected chi connectivity index (χ4v) is 5.61. The minimum absolute atomic E-state index is 0.111. The molecule has 0 aromatic heterocycles. The Morgan fingerprint density at radius 2 is 1.53 bits per heavy atom. The molecular formula is C30H46O2. The highest BCUT2D eigenvalue weighted by molar-refractivity contribution is 5.90. The highest BCUT2D eigenvalue weighted by Crippen LogP contribution is 2.33. The van der Waals surface area contributed by atoms with Crippen molar-refractivity contribution >= 4 is 11.5 Å². The van der Waals surface area contributed by atoms with Gasteiger partial charge in [0.15, 0.2) is 0 Å². The molecule has 1 aromatic rings. The zero-order valence-corrected chi connectivity index (χ0v) is 20.7. The van der Waals surface area contributed by atoms with Crippen LogP contribution in [0.25, 0.3) is 5.57 Å². The lowest BCUT2D eigenvalue weighted by Crippen LogP contribution is -2.24. The molecule has 0 amide bonds. The predicted octanol–water partition coefficient (Wildman–Crippen LogP) is 9.14. The van der Waals surface area contributed by atoms with E-state index in [4.69, 9.17) is 4.74 Å². The van der Waals surface area contributed by atoms with Crippen LogP contribution in [-0.2, 0) is 4.74 Å². The SMILES string of the molecule is CCCCCCCCC1CC=C(c2ccc(C(=O)O[C@H]3CC[C@H](CCC)CC3)cc2)CC1. The van der Waals surface area contributed by atoms with Crippen LogP contribution < -0.4 is 0 Å². The lowest BCUT2D eigenvalue weighted by Gasteiger charge is -2.28. The molecule has 0 N–H and O–H groups in total. The Hall–Kier alpha value is -1.57. The molecule has 0 heterocycles. The van der Waals surface area contributed by atoms with Gasteiger partial charge in [-0.15, -0.1) is 0 Å². The first-order valence-electron chi connectivity index (χ1n) is 13.7. The molecule has 0 saturated heterocycles. The maximum atomic E-state index is 12.6. The van der Waals surface area contributed by atoms with Gasteiger partial charge in [0.25, 0.3) is 0 Å². The number of esters is 1. The van der Waals surface area contributed by atoms with Crippen LogP contribution in [0, 0.1) is 11.8 Å². The van der Waals surface area contributed by atoms with Crippen LogP contribution >= 0.6 is 0 Å². The third kappa shape index (κ3) is 8.09. The molecule has 178 valence electrons. The van der Waals surface area contributed by atoms with Crippen molar-refractivity contribution in [3.63, 3.8) is 0 Å². The predicted molar refractivity (Wildman–Crippen MR) is 136 cm³/mol. The Labute approximate surface area is 197 Å². The van der Waals surface area contributed by atoms with E-state index in [-0.39, 0.29) is 12.1 Å². The summed E-state index contributed by atoms with van der Waals surface area (Å²) in [6.45, 7) is 4.54. The fraction of sp³-hybridized carbons (Fsp3) is 0.700. The van der Waals surface area contributed by atoms with Gasteiger partial charge in [-0.3, -0.25) is 0 Å². The summed E-state index contributed by atoms with van der Waals surface area (Å²) in [6, 6.07) is 8.16. The Bertz CT molecular complexity index is 694. The number of benzene rings is 1. The van der Waals surface area contributed by atoms with E-state index in [1.54, 1.807) is 0 Å². The third-order valence-electron chi connectivity index (χ3n) is 7.74. The maximum Gasteiger partial charge on any atom is 0.338 e. The van der Waals surface area contributed by atoms with Crippen LogP contribution in [0.5, 0.6) is 0 Å². The van der Waals surface area contributed by atoms with Gasteiger partial charge in [-0.1, -0.05) is 89.8 Å². The molecule has 1 fully saturated rings. The highest BCUT2D eigenvalue weighted by Gasteiger charge is 2.24. The van der Waals surface area contributed by atoms with Gasteiger partial charge in [0.2, 0.25) is 0 Å². The number of rotatable bonds is 12. The van der Waals surface area contributed by atoms with Crippen molar-refractivity contribution in [3.05, 3.63) is 41.5 Å². The van der Waals surface area contributed by atoms with Crippen LogP contribution in [-0.4, -0.2) is 12.1 Å². The van der Waals surface area contributed by atoms with Gasteiger partial charge in [0.1, 0.15) is 6.10 Å². The first kappa shape index (κ1) is 25.1. The van der Waals surface area contributed by atoms with Crippen molar-refractivity contribution in [2.24, 2.45) is 11.8 Å². The Morgan fingerprint density at radius 1 is 0.812 bits per heavy atom. The summed E-state index contributed by atoms with van der Waals surface area (Å²) in [5, 5.41) is 0. The molecule has 1 aromatic carbocycles. The largest absolute Gasteiger partial charge is 0.459 e. The van der Waals surface area contributed by atoms with Crippen molar-refractivity contribution in [1.82, 2.24) is 0 Å². The standard InChI is InChI=1S/C30H46O2/c1-3-5-6-7-8-9-11-25-12-16-26(17-13-25)27-18-20-28(21-19-27)30(31)32-29-22-14-24(10-4-2)15-23-29/h16,18-21,24-25,29H,3-15,17,22-23H2,1-2H3/t24-,25?,29-. The van der Waals surface area contributed by atoms with E-state index in [0.29, 0.717) is 5.56 Å². The normalized spacial score (nSPS) is 23.6. The number of hydrogen-bond donors (Lipinski definition) is 0. The van der Waals surface area contributed by atoms with Gasteiger partial charge in [0, 0.05) is 0 Å². The van der Waals surface area contributed by atoms with E-state index in [1.807, 2.05) is 12.1 Å². The molecule has 32 heavy (non-hydrogen) atoms. The number of unbranched alkanes of at least 4 members (excludes halogenated alkanes) is 5. The molecule has 3 rings (SSSR count). The molecule has 0 spiro atoms. The van der Waals surface area contributed by atoms with Gasteiger partial charge < -0.3 is 4.74 Å². The van der Waals surface area contributed by atoms with Gasteiger partial charge in [0.05, 0.1) is 5.56 Å². The first-order chi connectivity index (χ1) is 15.7. The van der Waals surface area contributed by atoms with Crippen molar-refractivity contribution < 1.29 is 9.53 Å². The van der Waals surface area contributed by atoms with Crippen LogP contribution in [0.3, 0.4) is 0 Å². The number of hydrogen-bond acceptors (Lipinski definition) is 2. The highest BCUT2D eigenvalue weighted by atomic mass is 16.5. The first-order valence-corrected chi connectivity index (χ1v) is 13.7. The van der Waals surface area contributed by atoms with E-state index in [0.717, 1.165) is 24.7 Å². The van der Waals surface area contributed by atoms with Crippen LogP contribution in [0.1, 0.15) is 133 Å². The Balaban J connectivity index is 1.39. The lowest BCUT2D eigenvalue weighted by atomic mass is 9.83.